The van der Waals surface area contributed by atoms with Gasteiger partial charge in [-0.15, -0.1) is 0 Å². The number of imidazole rings is 1. The number of para-hydroxylation sites is 2. The minimum Gasteiger partial charge on any atom is -0.359 e. The zero-order chi connectivity index (χ0) is 20.0. The number of hydrogen-bond donors (Lipinski definition) is 1. The average Bonchev–Trinajstić information content (AvgIpc) is 3.26. The third-order valence-corrected chi connectivity index (χ3v) is 6.66. The number of fused-ring (bicyclic) bond motifs is 1. The number of nitrogens with one attached hydrogen (secondary N) is 1. The van der Waals surface area contributed by atoms with Crippen molar-refractivity contribution in [2.75, 3.05) is 24.5 Å². The molecule has 7 nitrogen and oxygen atoms in total. The van der Waals surface area contributed by atoms with Crippen molar-refractivity contribution < 1.29 is 4.52 Å². The van der Waals surface area contributed by atoms with Crippen molar-refractivity contribution >= 4 is 16.7 Å². The topological polar surface area (TPSA) is 70.3 Å². The standard InChI is InChI=1S/C22H29N5O2/c1-15-21(16(2)29-24-15)26-12-6-5-9-20(26)25-13-10-17(11-14-25)27-19-8-4-3-7-18(19)23-22(27)28/h3-4,7-8,17,20H,5-6,9-14H2,1-2H3,(H,23,28). The van der Waals surface area contributed by atoms with Gasteiger partial charge in [-0.2, -0.15) is 0 Å². The highest BCUT2D eigenvalue weighted by Crippen LogP contribution is 2.34. The molecule has 4 heterocycles. The Morgan fingerprint density at radius 2 is 1.86 bits per heavy atom. The quantitative estimate of drug-likeness (QED) is 0.734. The maximum Gasteiger partial charge on any atom is 0.326 e. The molecule has 0 aliphatic carbocycles. The van der Waals surface area contributed by atoms with E-state index in [0.29, 0.717) is 6.17 Å². The van der Waals surface area contributed by atoms with Gasteiger partial charge in [0.2, 0.25) is 0 Å². The fourth-order valence-corrected chi connectivity index (χ4v) is 5.32. The third kappa shape index (κ3) is 3.17. The molecule has 0 saturated carbocycles. The number of anilines is 1. The first kappa shape index (κ1) is 18.5. The Morgan fingerprint density at radius 3 is 2.62 bits per heavy atom. The van der Waals surface area contributed by atoms with Crippen LogP contribution >= 0.6 is 0 Å². The summed E-state index contributed by atoms with van der Waals surface area (Å²) in [6.07, 6.45) is 6.01. The summed E-state index contributed by atoms with van der Waals surface area (Å²) in [5, 5.41) is 4.18. The second-order valence-electron chi connectivity index (χ2n) is 8.43. The van der Waals surface area contributed by atoms with E-state index >= 15 is 0 Å². The minimum atomic E-state index is 0.0136. The highest BCUT2D eigenvalue weighted by Gasteiger charge is 2.34. The van der Waals surface area contributed by atoms with Gasteiger partial charge in [0.05, 0.1) is 17.2 Å². The lowest BCUT2D eigenvalue weighted by Crippen LogP contribution is -2.54. The second kappa shape index (κ2) is 7.37. The maximum absolute atomic E-state index is 12.6. The number of rotatable bonds is 3. The smallest absolute Gasteiger partial charge is 0.326 e. The summed E-state index contributed by atoms with van der Waals surface area (Å²) in [6.45, 7) is 7.10. The molecule has 2 aliphatic rings. The first-order chi connectivity index (χ1) is 14.1. The molecule has 2 fully saturated rings. The van der Waals surface area contributed by atoms with Gasteiger partial charge < -0.3 is 14.4 Å². The van der Waals surface area contributed by atoms with E-state index in [1.807, 2.05) is 42.7 Å². The van der Waals surface area contributed by atoms with Crippen molar-refractivity contribution in [3.8, 4) is 0 Å². The largest absolute Gasteiger partial charge is 0.359 e. The van der Waals surface area contributed by atoms with E-state index in [1.54, 1.807) is 0 Å². The SMILES string of the molecule is Cc1noc(C)c1N1CCCCC1N1CCC(n2c(=O)[nH]c3ccccc32)CC1. The van der Waals surface area contributed by atoms with E-state index < -0.39 is 0 Å². The van der Waals surface area contributed by atoms with Gasteiger partial charge in [-0.3, -0.25) is 9.47 Å². The highest BCUT2D eigenvalue weighted by molar-refractivity contribution is 5.75. The van der Waals surface area contributed by atoms with Crippen LogP contribution < -0.4 is 10.6 Å². The van der Waals surface area contributed by atoms with Gasteiger partial charge in [-0.25, -0.2) is 4.79 Å². The Kier molecular flexibility index (Phi) is 4.70. The average molecular weight is 396 g/mol. The van der Waals surface area contributed by atoms with Crippen molar-refractivity contribution in [2.45, 2.75) is 58.2 Å². The van der Waals surface area contributed by atoms with E-state index in [1.165, 1.54) is 24.9 Å². The van der Waals surface area contributed by atoms with Gasteiger partial charge in [-0.05, 0) is 58.1 Å². The lowest BCUT2D eigenvalue weighted by molar-refractivity contribution is 0.114. The third-order valence-electron chi connectivity index (χ3n) is 6.66. The van der Waals surface area contributed by atoms with Gasteiger partial charge in [0, 0.05) is 25.7 Å². The highest BCUT2D eigenvalue weighted by atomic mass is 16.5. The molecule has 2 aliphatic heterocycles. The normalized spacial score (nSPS) is 21.9. The molecule has 29 heavy (non-hydrogen) atoms. The van der Waals surface area contributed by atoms with Crippen LogP contribution in [0.1, 0.15) is 49.6 Å². The molecule has 0 bridgehead atoms. The number of piperidine rings is 2. The molecule has 0 amide bonds. The molecular formula is C22H29N5O2. The van der Waals surface area contributed by atoms with Gasteiger partial charge in [-0.1, -0.05) is 17.3 Å². The number of aromatic nitrogens is 3. The molecule has 0 spiro atoms. The van der Waals surface area contributed by atoms with Crippen LogP contribution in [0.5, 0.6) is 0 Å². The molecule has 1 aromatic carbocycles. The summed E-state index contributed by atoms with van der Waals surface area (Å²) >= 11 is 0. The van der Waals surface area contributed by atoms with Gasteiger partial charge in [0.15, 0.2) is 5.76 Å². The number of hydrogen-bond acceptors (Lipinski definition) is 5. The molecule has 154 valence electrons. The molecule has 2 saturated heterocycles. The van der Waals surface area contributed by atoms with Crippen molar-refractivity contribution in [1.29, 1.82) is 0 Å². The summed E-state index contributed by atoms with van der Waals surface area (Å²) in [5.41, 5.74) is 4.11. The van der Waals surface area contributed by atoms with Crippen molar-refractivity contribution in [3.05, 3.63) is 46.2 Å². The Balaban J connectivity index is 1.35. The molecule has 1 N–H and O–H groups in total. The summed E-state index contributed by atoms with van der Waals surface area (Å²) in [7, 11) is 0. The fourth-order valence-electron chi connectivity index (χ4n) is 5.32. The first-order valence-corrected chi connectivity index (χ1v) is 10.8. The van der Waals surface area contributed by atoms with E-state index in [2.05, 4.69) is 19.9 Å². The van der Waals surface area contributed by atoms with Gasteiger partial charge in [0.25, 0.3) is 0 Å². The molecule has 0 radical (unpaired) electrons. The number of likely N-dealkylation sites (tertiary alicyclic amines) is 1. The van der Waals surface area contributed by atoms with Crippen LogP contribution in [0.4, 0.5) is 5.69 Å². The molecule has 7 heteroatoms. The second-order valence-corrected chi connectivity index (χ2v) is 8.43. The molecule has 5 rings (SSSR count). The maximum atomic E-state index is 12.6. The zero-order valence-corrected chi connectivity index (χ0v) is 17.2. The van der Waals surface area contributed by atoms with E-state index in [9.17, 15) is 4.79 Å². The Bertz CT molecular complexity index is 1040. The predicted octanol–water partition coefficient (Wildman–Crippen LogP) is 3.59. The Labute approximate surface area is 170 Å². The van der Waals surface area contributed by atoms with Crippen LogP contribution in [-0.2, 0) is 0 Å². The Hall–Kier alpha value is -2.54. The van der Waals surface area contributed by atoms with Crippen molar-refractivity contribution in [3.63, 3.8) is 0 Å². The number of aromatic amines is 1. The summed E-state index contributed by atoms with van der Waals surface area (Å²) < 4.78 is 7.42. The van der Waals surface area contributed by atoms with Crippen LogP contribution in [0.25, 0.3) is 11.0 Å². The first-order valence-electron chi connectivity index (χ1n) is 10.8. The van der Waals surface area contributed by atoms with Crippen LogP contribution in [0, 0.1) is 13.8 Å². The summed E-state index contributed by atoms with van der Waals surface area (Å²) in [5.74, 6) is 0.912. The number of benzene rings is 1. The summed E-state index contributed by atoms with van der Waals surface area (Å²) in [4.78, 5) is 20.7. The van der Waals surface area contributed by atoms with Gasteiger partial charge in [0.1, 0.15) is 11.4 Å². The van der Waals surface area contributed by atoms with E-state index in [-0.39, 0.29) is 11.7 Å². The van der Waals surface area contributed by atoms with Crippen LogP contribution in [-0.4, -0.2) is 45.4 Å². The Morgan fingerprint density at radius 1 is 1.07 bits per heavy atom. The van der Waals surface area contributed by atoms with Crippen molar-refractivity contribution in [2.24, 2.45) is 0 Å². The van der Waals surface area contributed by atoms with Crippen LogP contribution in [0.3, 0.4) is 0 Å². The molecule has 1 atom stereocenters. The predicted molar refractivity (Wildman–Crippen MR) is 113 cm³/mol. The lowest BCUT2D eigenvalue weighted by Gasteiger charge is -2.46. The minimum absolute atomic E-state index is 0.0136. The number of H-pyrrole nitrogens is 1. The van der Waals surface area contributed by atoms with E-state index in [4.69, 9.17) is 4.52 Å². The number of nitrogens with zero attached hydrogens (tertiary/aromatic N) is 4. The van der Waals surface area contributed by atoms with E-state index in [0.717, 1.165) is 55.0 Å². The molecule has 3 aromatic rings. The van der Waals surface area contributed by atoms with Crippen LogP contribution in [0.2, 0.25) is 0 Å². The molecule has 2 aromatic heterocycles. The fraction of sp³-hybridized carbons (Fsp3) is 0.545. The zero-order valence-electron chi connectivity index (χ0n) is 17.2. The van der Waals surface area contributed by atoms with Gasteiger partial charge >= 0.3 is 5.69 Å². The monoisotopic (exact) mass is 395 g/mol. The summed E-state index contributed by atoms with van der Waals surface area (Å²) in [6, 6.07) is 8.25. The lowest BCUT2D eigenvalue weighted by atomic mass is 9.99. The molecular weight excluding hydrogens is 366 g/mol. The van der Waals surface area contributed by atoms with Crippen molar-refractivity contribution in [1.82, 2.24) is 19.6 Å². The van der Waals surface area contributed by atoms with Crippen LogP contribution in [0.15, 0.2) is 33.6 Å². The number of aryl methyl sites for hydroxylation is 2. The molecule has 1 unspecified atom stereocenters.